The fraction of sp³-hybridized carbons (Fsp3) is 0.417. The molecule has 172 valence electrons. The highest BCUT2D eigenvalue weighted by atomic mass is 16.5. The van der Waals surface area contributed by atoms with Gasteiger partial charge in [0, 0.05) is 18.2 Å². The van der Waals surface area contributed by atoms with Crippen LogP contribution in [0.25, 0.3) is 0 Å². The van der Waals surface area contributed by atoms with Gasteiger partial charge in [-0.1, -0.05) is 13.3 Å². The van der Waals surface area contributed by atoms with E-state index in [0.29, 0.717) is 48.3 Å². The number of benzene rings is 2. The van der Waals surface area contributed by atoms with Crippen molar-refractivity contribution < 1.29 is 28.5 Å². The van der Waals surface area contributed by atoms with E-state index < -0.39 is 5.92 Å². The van der Waals surface area contributed by atoms with Crippen molar-refractivity contribution in [1.29, 1.82) is 0 Å². The molecule has 1 atom stereocenters. The van der Waals surface area contributed by atoms with Crippen LogP contribution < -0.4 is 29.6 Å². The summed E-state index contributed by atoms with van der Waals surface area (Å²) in [5.74, 6) is 1.42. The molecule has 0 saturated carbocycles. The smallest absolute Gasteiger partial charge is 0.228 e. The Morgan fingerprint density at radius 1 is 1.03 bits per heavy atom. The molecule has 0 bridgehead atoms. The number of hydrogen-bond donors (Lipinski definition) is 2. The lowest BCUT2D eigenvalue weighted by atomic mass is 9.89. The molecule has 1 aliphatic heterocycles. The van der Waals surface area contributed by atoms with E-state index in [-0.39, 0.29) is 18.2 Å². The Hall–Kier alpha value is -3.42. The van der Waals surface area contributed by atoms with E-state index in [9.17, 15) is 9.59 Å². The summed E-state index contributed by atoms with van der Waals surface area (Å²) in [6.45, 7) is 3.44. The minimum absolute atomic E-state index is 0.0642. The molecule has 2 aromatic rings. The first-order chi connectivity index (χ1) is 15.5. The number of anilines is 1. The SMILES string of the molecule is CCCCOc1ccc(OCCNC(=O)[C@H]2CC(=O)Nc3cc(OC)c(OC)cc32)cc1. The fourth-order valence-corrected chi connectivity index (χ4v) is 3.45. The van der Waals surface area contributed by atoms with Gasteiger partial charge in [-0.05, 0) is 42.3 Å². The van der Waals surface area contributed by atoms with Crippen LogP contribution in [0, 0.1) is 0 Å². The van der Waals surface area contributed by atoms with Gasteiger partial charge in [-0.15, -0.1) is 0 Å². The third-order valence-corrected chi connectivity index (χ3v) is 5.17. The van der Waals surface area contributed by atoms with Gasteiger partial charge in [0.1, 0.15) is 18.1 Å². The maximum Gasteiger partial charge on any atom is 0.228 e. The van der Waals surface area contributed by atoms with E-state index >= 15 is 0 Å². The molecule has 0 fully saturated rings. The monoisotopic (exact) mass is 442 g/mol. The van der Waals surface area contributed by atoms with E-state index in [0.717, 1.165) is 18.6 Å². The van der Waals surface area contributed by atoms with Crippen LogP contribution in [0.3, 0.4) is 0 Å². The number of hydrogen-bond acceptors (Lipinski definition) is 6. The van der Waals surface area contributed by atoms with Crippen LogP contribution in [0.2, 0.25) is 0 Å². The first kappa shape index (κ1) is 23.2. The highest BCUT2D eigenvalue weighted by Crippen LogP contribution is 2.40. The largest absolute Gasteiger partial charge is 0.494 e. The number of carbonyl (C=O) groups excluding carboxylic acids is 2. The first-order valence-corrected chi connectivity index (χ1v) is 10.7. The number of ether oxygens (including phenoxy) is 4. The van der Waals surface area contributed by atoms with E-state index in [4.69, 9.17) is 18.9 Å². The fourth-order valence-electron chi connectivity index (χ4n) is 3.45. The van der Waals surface area contributed by atoms with Crippen molar-refractivity contribution in [3.8, 4) is 23.0 Å². The Morgan fingerprint density at radius 2 is 1.66 bits per heavy atom. The molecule has 3 rings (SSSR count). The zero-order valence-corrected chi connectivity index (χ0v) is 18.7. The molecule has 1 aliphatic rings. The van der Waals surface area contributed by atoms with Gasteiger partial charge in [0.05, 0.1) is 33.3 Å². The first-order valence-electron chi connectivity index (χ1n) is 10.7. The molecule has 8 heteroatoms. The van der Waals surface area contributed by atoms with Gasteiger partial charge in [-0.2, -0.15) is 0 Å². The zero-order valence-electron chi connectivity index (χ0n) is 18.7. The second-order valence-corrected chi connectivity index (χ2v) is 7.41. The summed E-state index contributed by atoms with van der Waals surface area (Å²) in [6, 6.07) is 10.8. The Labute approximate surface area is 188 Å². The highest BCUT2D eigenvalue weighted by molar-refractivity contribution is 6.01. The van der Waals surface area contributed by atoms with Crippen molar-refractivity contribution in [3.63, 3.8) is 0 Å². The second kappa shape index (κ2) is 11.3. The van der Waals surface area contributed by atoms with Gasteiger partial charge in [0.15, 0.2) is 11.5 Å². The van der Waals surface area contributed by atoms with Gasteiger partial charge in [-0.3, -0.25) is 9.59 Å². The number of rotatable bonds is 11. The number of unbranched alkanes of at least 4 members (excludes halogenated alkanes) is 1. The van der Waals surface area contributed by atoms with Crippen LogP contribution in [0.1, 0.15) is 37.7 Å². The molecule has 0 aliphatic carbocycles. The zero-order chi connectivity index (χ0) is 22.9. The Kier molecular flexibility index (Phi) is 8.19. The summed E-state index contributed by atoms with van der Waals surface area (Å²) >= 11 is 0. The predicted octanol–water partition coefficient (Wildman–Crippen LogP) is 3.50. The summed E-state index contributed by atoms with van der Waals surface area (Å²) in [4.78, 5) is 24.9. The maximum absolute atomic E-state index is 12.8. The van der Waals surface area contributed by atoms with Gasteiger partial charge in [0.25, 0.3) is 0 Å². The van der Waals surface area contributed by atoms with Crippen LogP contribution in [0.5, 0.6) is 23.0 Å². The normalized spacial score (nSPS) is 14.7. The minimum Gasteiger partial charge on any atom is -0.494 e. The molecule has 1 heterocycles. The average Bonchev–Trinajstić information content (AvgIpc) is 2.81. The average molecular weight is 443 g/mol. The maximum atomic E-state index is 12.8. The Bertz CT molecular complexity index is 929. The molecule has 2 N–H and O–H groups in total. The van der Waals surface area contributed by atoms with Crippen molar-refractivity contribution >= 4 is 17.5 Å². The van der Waals surface area contributed by atoms with Gasteiger partial charge in [-0.25, -0.2) is 0 Å². The van der Waals surface area contributed by atoms with Crippen molar-refractivity contribution in [1.82, 2.24) is 5.32 Å². The molecule has 32 heavy (non-hydrogen) atoms. The molecule has 2 aromatic carbocycles. The Morgan fingerprint density at radius 3 is 2.28 bits per heavy atom. The molecule has 0 radical (unpaired) electrons. The van der Waals surface area contributed by atoms with Gasteiger partial charge < -0.3 is 29.6 Å². The highest BCUT2D eigenvalue weighted by Gasteiger charge is 2.32. The van der Waals surface area contributed by atoms with Crippen LogP contribution in [-0.4, -0.2) is 45.8 Å². The number of carbonyl (C=O) groups is 2. The summed E-state index contributed by atoms with van der Waals surface area (Å²) < 4.78 is 22.0. The Balaban J connectivity index is 1.54. The van der Waals surface area contributed by atoms with Gasteiger partial charge in [0.2, 0.25) is 11.8 Å². The van der Waals surface area contributed by atoms with Crippen molar-refractivity contribution in [2.24, 2.45) is 0 Å². The molecule has 0 saturated heterocycles. The second-order valence-electron chi connectivity index (χ2n) is 7.41. The molecule has 8 nitrogen and oxygen atoms in total. The molecular weight excluding hydrogens is 412 g/mol. The number of nitrogens with one attached hydrogen (secondary N) is 2. The van der Waals surface area contributed by atoms with Crippen LogP contribution in [0.15, 0.2) is 36.4 Å². The molecule has 0 aromatic heterocycles. The van der Waals surface area contributed by atoms with E-state index in [1.165, 1.54) is 14.2 Å². The quantitative estimate of drug-likeness (QED) is 0.517. The number of amides is 2. The lowest BCUT2D eigenvalue weighted by Gasteiger charge is -2.26. The van der Waals surface area contributed by atoms with Crippen LogP contribution in [0.4, 0.5) is 5.69 Å². The topological polar surface area (TPSA) is 95.1 Å². The predicted molar refractivity (Wildman–Crippen MR) is 121 cm³/mol. The van der Waals surface area contributed by atoms with E-state index in [1.54, 1.807) is 12.1 Å². The lowest BCUT2D eigenvalue weighted by molar-refractivity contribution is -0.126. The van der Waals surface area contributed by atoms with Crippen molar-refractivity contribution in [3.05, 3.63) is 42.0 Å². The van der Waals surface area contributed by atoms with Gasteiger partial charge >= 0.3 is 0 Å². The number of methoxy groups -OCH3 is 2. The standard InChI is InChI=1S/C24H30N2O6/c1-4-5-11-31-16-6-8-17(9-7-16)32-12-10-25-24(28)19-14-23(27)26-20-15-22(30-3)21(29-2)13-18(19)20/h6-9,13,15,19H,4-5,10-12,14H2,1-3H3,(H,25,28)(H,26,27)/t19-/m0/s1. The molecule has 0 spiro atoms. The minimum atomic E-state index is -0.613. The molecule has 2 amide bonds. The van der Waals surface area contributed by atoms with Crippen LogP contribution >= 0.6 is 0 Å². The summed E-state index contributed by atoms with van der Waals surface area (Å²) in [5.41, 5.74) is 1.25. The lowest BCUT2D eigenvalue weighted by Crippen LogP contribution is -2.36. The van der Waals surface area contributed by atoms with E-state index in [2.05, 4.69) is 17.6 Å². The van der Waals surface area contributed by atoms with Crippen LogP contribution in [-0.2, 0) is 9.59 Å². The van der Waals surface area contributed by atoms with E-state index in [1.807, 2.05) is 24.3 Å². The molecular formula is C24H30N2O6. The third kappa shape index (κ3) is 5.84. The van der Waals surface area contributed by atoms with Crippen molar-refractivity contribution in [2.75, 3.05) is 39.3 Å². The summed E-state index contributed by atoms with van der Waals surface area (Å²) in [5, 5.41) is 5.65. The number of fused-ring (bicyclic) bond motifs is 1. The van der Waals surface area contributed by atoms with Crippen molar-refractivity contribution in [2.45, 2.75) is 32.1 Å². The molecule has 0 unspecified atom stereocenters. The third-order valence-electron chi connectivity index (χ3n) is 5.17. The summed E-state index contributed by atoms with van der Waals surface area (Å²) in [6.07, 6.45) is 2.17. The summed E-state index contributed by atoms with van der Waals surface area (Å²) in [7, 11) is 3.05.